The predicted molar refractivity (Wildman–Crippen MR) is 111 cm³/mol. The van der Waals surface area contributed by atoms with Gasteiger partial charge in [-0.3, -0.25) is 9.69 Å². The van der Waals surface area contributed by atoms with Crippen LogP contribution in [0.1, 0.15) is 11.5 Å². The molecule has 29 heavy (non-hydrogen) atoms. The van der Waals surface area contributed by atoms with Crippen LogP contribution in [0.2, 0.25) is 0 Å². The maximum absolute atomic E-state index is 12.8. The maximum Gasteiger partial charge on any atom is 0.241 e. The first kappa shape index (κ1) is 18.1. The molecule has 7 nitrogen and oxygen atoms in total. The molecule has 0 radical (unpaired) electrons. The lowest BCUT2D eigenvalue weighted by Crippen LogP contribution is -2.48. The molecule has 4 aromatic rings. The minimum atomic E-state index is 0.173. The third-order valence-corrected chi connectivity index (χ3v) is 6.03. The molecule has 148 valence electrons. The summed E-state index contributed by atoms with van der Waals surface area (Å²) in [5.41, 5.74) is 3.11. The fourth-order valence-electron chi connectivity index (χ4n) is 3.73. The second-order valence-corrected chi connectivity index (χ2v) is 8.00. The SMILES string of the molecule is O=C(Cc1c[nH]c2ccccc12)N1CCN(Cc2nc(-c3ccsc3)no2)CC1. The Kier molecular flexibility index (Phi) is 4.87. The summed E-state index contributed by atoms with van der Waals surface area (Å²) in [6, 6.07) is 10.1. The fourth-order valence-corrected chi connectivity index (χ4v) is 4.36. The first-order chi connectivity index (χ1) is 14.3. The van der Waals surface area contributed by atoms with Crippen LogP contribution in [0.5, 0.6) is 0 Å². The predicted octanol–water partition coefficient (Wildman–Crippen LogP) is 3.17. The molecule has 1 fully saturated rings. The first-order valence-corrected chi connectivity index (χ1v) is 10.6. The third-order valence-electron chi connectivity index (χ3n) is 5.35. The van der Waals surface area contributed by atoms with Crippen LogP contribution in [0.4, 0.5) is 0 Å². The van der Waals surface area contributed by atoms with Gasteiger partial charge in [0.05, 0.1) is 13.0 Å². The van der Waals surface area contributed by atoms with Gasteiger partial charge in [0, 0.05) is 54.2 Å². The number of piperazine rings is 1. The Bertz CT molecular complexity index is 1110. The first-order valence-electron chi connectivity index (χ1n) is 9.66. The number of para-hydroxylation sites is 1. The van der Waals surface area contributed by atoms with E-state index in [0.29, 0.717) is 37.8 Å². The van der Waals surface area contributed by atoms with Crippen molar-refractivity contribution in [1.82, 2.24) is 24.9 Å². The Labute approximate surface area is 171 Å². The minimum absolute atomic E-state index is 0.173. The van der Waals surface area contributed by atoms with Crippen molar-refractivity contribution in [2.45, 2.75) is 13.0 Å². The number of nitrogens with zero attached hydrogens (tertiary/aromatic N) is 4. The summed E-state index contributed by atoms with van der Waals surface area (Å²) < 4.78 is 5.39. The van der Waals surface area contributed by atoms with Crippen LogP contribution in [-0.2, 0) is 17.8 Å². The van der Waals surface area contributed by atoms with E-state index >= 15 is 0 Å². The van der Waals surface area contributed by atoms with Crippen molar-refractivity contribution in [3.63, 3.8) is 0 Å². The number of rotatable bonds is 5. The molecule has 0 aliphatic carbocycles. The lowest BCUT2D eigenvalue weighted by Gasteiger charge is -2.34. The average Bonchev–Trinajstić information content (AvgIpc) is 3.50. The molecule has 0 spiro atoms. The largest absolute Gasteiger partial charge is 0.361 e. The van der Waals surface area contributed by atoms with Gasteiger partial charge in [-0.05, 0) is 23.1 Å². The van der Waals surface area contributed by atoms with Gasteiger partial charge in [-0.25, -0.2) is 0 Å². The number of nitrogens with one attached hydrogen (secondary N) is 1. The second-order valence-electron chi connectivity index (χ2n) is 7.22. The highest BCUT2D eigenvalue weighted by molar-refractivity contribution is 7.08. The van der Waals surface area contributed by atoms with Crippen LogP contribution in [0.25, 0.3) is 22.3 Å². The number of carbonyl (C=O) groups is 1. The van der Waals surface area contributed by atoms with Crippen LogP contribution in [0.15, 0.2) is 51.8 Å². The summed E-state index contributed by atoms with van der Waals surface area (Å²) in [7, 11) is 0. The maximum atomic E-state index is 12.8. The average molecular weight is 407 g/mol. The molecule has 1 aliphatic rings. The number of aromatic nitrogens is 3. The number of H-pyrrole nitrogens is 1. The molecule has 4 heterocycles. The number of amides is 1. The fraction of sp³-hybridized carbons (Fsp3) is 0.286. The number of fused-ring (bicyclic) bond motifs is 1. The Hall–Kier alpha value is -2.97. The summed E-state index contributed by atoms with van der Waals surface area (Å²) in [6.45, 7) is 3.65. The van der Waals surface area contributed by atoms with Gasteiger partial charge in [-0.2, -0.15) is 16.3 Å². The zero-order valence-corrected chi connectivity index (χ0v) is 16.7. The van der Waals surface area contributed by atoms with Gasteiger partial charge in [-0.1, -0.05) is 23.4 Å². The van der Waals surface area contributed by atoms with E-state index in [9.17, 15) is 4.79 Å². The molecular formula is C21H21N5O2S. The molecule has 1 aliphatic heterocycles. The highest BCUT2D eigenvalue weighted by atomic mass is 32.1. The summed E-state index contributed by atoms with van der Waals surface area (Å²) in [5, 5.41) is 9.19. The van der Waals surface area contributed by atoms with E-state index in [-0.39, 0.29) is 5.91 Å². The highest BCUT2D eigenvalue weighted by Gasteiger charge is 2.23. The minimum Gasteiger partial charge on any atom is -0.361 e. The van der Waals surface area contributed by atoms with Crippen LogP contribution >= 0.6 is 11.3 Å². The number of aromatic amines is 1. The number of hydrogen-bond donors (Lipinski definition) is 1. The van der Waals surface area contributed by atoms with Crippen molar-refractivity contribution < 1.29 is 9.32 Å². The van der Waals surface area contributed by atoms with Crippen molar-refractivity contribution in [3.8, 4) is 11.4 Å². The van der Waals surface area contributed by atoms with Gasteiger partial charge in [0.2, 0.25) is 17.6 Å². The molecule has 0 atom stereocenters. The van der Waals surface area contributed by atoms with E-state index in [4.69, 9.17) is 4.52 Å². The third kappa shape index (κ3) is 3.81. The molecule has 1 amide bonds. The Morgan fingerprint density at radius 1 is 1.17 bits per heavy atom. The molecule has 5 rings (SSSR count). The zero-order valence-electron chi connectivity index (χ0n) is 15.9. The van der Waals surface area contributed by atoms with E-state index in [1.54, 1.807) is 11.3 Å². The van der Waals surface area contributed by atoms with Crippen LogP contribution in [0, 0.1) is 0 Å². The van der Waals surface area contributed by atoms with Gasteiger partial charge >= 0.3 is 0 Å². The van der Waals surface area contributed by atoms with E-state index < -0.39 is 0 Å². The Morgan fingerprint density at radius 3 is 2.86 bits per heavy atom. The van der Waals surface area contributed by atoms with Crippen molar-refractivity contribution in [3.05, 3.63) is 58.7 Å². The molecule has 1 saturated heterocycles. The van der Waals surface area contributed by atoms with E-state index in [0.717, 1.165) is 35.1 Å². The number of carbonyl (C=O) groups excluding carboxylic acids is 1. The summed E-state index contributed by atoms with van der Waals surface area (Å²) >= 11 is 1.61. The van der Waals surface area contributed by atoms with E-state index in [2.05, 4.69) is 26.1 Å². The van der Waals surface area contributed by atoms with Crippen molar-refractivity contribution in [2.24, 2.45) is 0 Å². The van der Waals surface area contributed by atoms with Crippen molar-refractivity contribution in [1.29, 1.82) is 0 Å². The number of thiophene rings is 1. The topological polar surface area (TPSA) is 78.3 Å². The van der Waals surface area contributed by atoms with Crippen molar-refractivity contribution in [2.75, 3.05) is 26.2 Å². The molecule has 0 unspecified atom stereocenters. The van der Waals surface area contributed by atoms with Gasteiger partial charge in [0.25, 0.3) is 0 Å². The quantitative estimate of drug-likeness (QED) is 0.550. The number of hydrogen-bond acceptors (Lipinski definition) is 6. The summed E-state index contributed by atoms with van der Waals surface area (Å²) in [4.78, 5) is 24.7. The Balaban J connectivity index is 1.16. The van der Waals surface area contributed by atoms with Gasteiger partial charge in [0.1, 0.15) is 0 Å². The molecule has 0 saturated carbocycles. The highest BCUT2D eigenvalue weighted by Crippen LogP contribution is 2.21. The lowest BCUT2D eigenvalue weighted by molar-refractivity contribution is -0.132. The lowest BCUT2D eigenvalue weighted by atomic mass is 10.1. The second kappa shape index (κ2) is 7.81. The molecule has 1 N–H and O–H groups in total. The molecule has 1 aromatic carbocycles. The molecule has 3 aromatic heterocycles. The summed E-state index contributed by atoms with van der Waals surface area (Å²) in [5.74, 6) is 1.42. The van der Waals surface area contributed by atoms with E-state index in [1.807, 2.05) is 46.1 Å². The van der Waals surface area contributed by atoms with Gasteiger partial charge in [-0.15, -0.1) is 0 Å². The van der Waals surface area contributed by atoms with Crippen LogP contribution in [0.3, 0.4) is 0 Å². The van der Waals surface area contributed by atoms with Crippen LogP contribution in [-0.4, -0.2) is 57.0 Å². The van der Waals surface area contributed by atoms with Crippen molar-refractivity contribution >= 4 is 28.1 Å². The number of benzene rings is 1. The van der Waals surface area contributed by atoms with E-state index in [1.165, 1.54) is 0 Å². The smallest absolute Gasteiger partial charge is 0.241 e. The van der Waals surface area contributed by atoms with Gasteiger partial charge < -0.3 is 14.4 Å². The monoisotopic (exact) mass is 407 g/mol. The Morgan fingerprint density at radius 2 is 2.03 bits per heavy atom. The summed E-state index contributed by atoms with van der Waals surface area (Å²) in [6.07, 6.45) is 2.37. The van der Waals surface area contributed by atoms with Crippen LogP contribution < -0.4 is 0 Å². The standard InChI is InChI=1S/C21H21N5O2S/c27-20(11-16-12-22-18-4-2-1-3-17(16)18)26-8-6-25(7-9-26)13-19-23-21(24-28-19)15-5-10-29-14-15/h1-5,10,12,14,22H,6-9,11,13H2. The molecule has 8 heteroatoms. The van der Waals surface area contributed by atoms with Gasteiger partial charge in [0.15, 0.2) is 0 Å². The zero-order chi connectivity index (χ0) is 19.6. The molecular weight excluding hydrogens is 386 g/mol. The molecule has 0 bridgehead atoms. The normalized spacial score (nSPS) is 15.2.